The Hall–Kier alpha value is -4.21. The maximum absolute atomic E-state index is 12.5. The third-order valence-electron chi connectivity index (χ3n) is 8.42. The quantitative estimate of drug-likeness (QED) is 0.0195. The monoisotopic (exact) mass is 899 g/mol. The molecule has 0 saturated heterocycles. The fourth-order valence-corrected chi connectivity index (χ4v) is 5.85. The van der Waals surface area contributed by atoms with Gasteiger partial charge in [0.1, 0.15) is 17.9 Å². The Morgan fingerprint density at radius 3 is 0.927 bits per heavy atom. The van der Waals surface area contributed by atoms with Crippen LogP contribution in [-0.2, 0) is 47.9 Å². The Morgan fingerprint density at radius 2 is 0.655 bits per heavy atom. The molecule has 0 aliphatic carbocycles. The van der Waals surface area contributed by atoms with E-state index in [9.17, 15) is 68.4 Å². The average molecular weight is 900 g/mol. The van der Waals surface area contributed by atoms with Gasteiger partial charge in [-0.25, -0.2) is 9.59 Å². The molecule has 0 saturated carbocycles. The molecule has 0 aromatic rings. The maximum atomic E-state index is 12.5. The van der Waals surface area contributed by atoms with Crippen LogP contribution in [-0.4, -0.2) is 105 Å². The standard InChI is InChI=1S/C35H56IN4O15/c1-22(41)12-10-8-6-4-2-3-5-7-9-11-13-28(43)37-24(33(49)50)15-19-30(45)39-26(35(53)54)17-21-31(46)40-25(34(51)52)16-20-29(44)38-23(32(47)48)14-18-27(42)36-55/h23-26,55H,2-21H2,1H3,(H,37,43)(H,38,44)(H,39,45)(H,40,46)(H,47,48)(H,49,50)(H,51,52)(H,53,54)/q-1/t23-,24-,25-,26-/m0/s1. The second-order valence-electron chi connectivity index (χ2n) is 13.2. The van der Waals surface area contributed by atoms with Gasteiger partial charge in [0.25, 0.3) is 0 Å². The van der Waals surface area contributed by atoms with Crippen LogP contribution >= 0.6 is 0 Å². The second kappa shape index (κ2) is 30.1. The largest absolute Gasteiger partial charge is 0.480 e. The van der Waals surface area contributed by atoms with Crippen molar-refractivity contribution in [1.82, 2.24) is 21.3 Å². The molecule has 4 amide bonds. The Bertz CT molecular complexity index is 1310. The average Bonchev–Trinajstić information content (AvgIpc) is 3.11. The molecule has 0 rings (SSSR count). The van der Waals surface area contributed by atoms with Gasteiger partial charge in [-0.3, -0.25) is 9.59 Å². The summed E-state index contributed by atoms with van der Waals surface area (Å²) in [6.07, 6.45) is 7.03. The van der Waals surface area contributed by atoms with Crippen molar-refractivity contribution < 1.29 is 93.4 Å². The maximum Gasteiger partial charge on any atom is 0.326 e. The van der Waals surface area contributed by atoms with Gasteiger partial charge in [0.05, 0.1) is 0 Å². The van der Waals surface area contributed by atoms with Gasteiger partial charge in [0, 0.05) is 19.3 Å². The first kappa shape index (κ1) is 50.8. The molecule has 0 unspecified atom stereocenters. The summed E-state index contributed by atoms with van der Waals surface area (Å²) in [5.74, 6) is -8.82. The number of carboxylic acids is 4. The summed E-state index contributed by atoms with van der Waals surface area (Å²) in [6, 6.07) is -6.07. The normalized spacial score (nSPS) is 13.1. The van der Waals surface area contributed by atoms with E-state index in [0.717, 1.165) is 57.8 Å². The number of carboxylic acid groups (broad SMARTS) is 4. The number of ketones is 1. The van der Waals surface area contributed by atoms with E-state index in [2.05, 4.69) is 21.3 Å². The molecule has 0 aliphatic heterocycles. The van der Waals surface area contributed by atoms with Gasteiger partial charge in [-0.15, -0.1) is 0 Å². The van der Waals surface area contributed by atoms with Crippen LogP contribution < -0.4 is 42.9 Å². The predicted octanol–water partition coefficient (Wildman–Crippen LogP) is -1.82. The fraction of sp³-hybridized carbons (Fsp3) is 0.714. The van der Waals surface area contributed by atoms with E-state index in [1.165, 1.54) is 0 Å². The molecule has 20 heteroatoms. The molecule has 0 radical (unpaired) electrons. The van der Waals surface area contributed by atoms with E-state index >= 15 is 0 Å². The molecule has 0 fully saturated rings. The molecule has 19 nitrogen and oxygen atoms in total. The molecular formula is C35H56IN4O15-. The van der Waals surface area contributed by atoms with Crippen LogP contribution in [0.4, 0.5) is 0 Å². The van der Waals surface area contributed by atoms with Crippen LogP contribution in [0.15, 0.2) is 0 Å². The van der Waals surface area contributed by atoms with Gasteiger partial charge in [0.15, 0.2) is 0 Å². The molecule has 0 aromatic heterocycles. The third-order valence-corrected chi connectivity index (χ3v) is 9.50. The van der Waals surface area contributed by atoms with Gasteiger partial charge in [-0.2, -0.15) is 0 Å². The van der Waals surface area contributed by atoms with E-state index in [-0.39, 0.29) is 31.5 Å². The fourth-order valence-electron chi connectivity index (χ4n) is 5.30. The third kappa shape index (κ3) is 27.1. The first-order valence-corrected chi connectivity index (χ1v) is 20.4. The topological polar surface area (TPSA) is 320 Å². The number of unbranched alkanes of at least 4 members (excludes halogenated alkanes) is 9. The van der Waals surface area contributed by atoms with Crippen molar-refractivity contribution in [3.05, 3.63) is 0 Å². The second-order valence-corrected chi connectivity index (χ2v) is 14.9. The Morgan fingerprint density at radius 1 is 0.400 bits per heavy atom. The molecular weight excluding hydrogens is 843 g/mol. The first-order chi connectivity index (χ1) is 26.0. The van der Waals surface area contributed by atoms with Gasteiger partial charge in [0.2, 0.25) is 11.8 Å². The number of Topliss-reactive ketones (excluding diaryl/α,β-unsaturated/α-hetero) is 1. The van der Waals surface area contributed by atoms with Crippen molar-refractivity contribution in [2.24, 2.45) is 0 Å². The van der Waals surface area contributed by atoms with Crippen LogP contribution in [0, 0.1) is 0 Å². The number of carbonyl (C=O) groups is 10. The van der Waals surface area contributed by atoms with E-state index in [1.54, 1.807) is 6.92 Å². The number of halogens is 1. The minimum atomic E-state index is -1.73. The van der Waals surface area contributed by atoms with E-state index in [4.69, 9.17) is 3.44 Å². The van der Waals surface area contributed by atoms with Crippen molar-refractivity contribution in [3.8, 4) is 0 Å². The van der Waals surface area contributed by atoms with Crippen LogP contribution in [0.25, 0.3) is 0 Å². The summed E-state index contributed by atoms with van der Waals surface area (Å²) < 4.78 is 8.34. The summed E-state index contributed by atoms with van der Waals surface area (Å²) in [6.45, 7) is 1.60. The molecule has 9 N–H and O–H groups in total. The van der Waals surface area contributed by atoms with Crippen LogP contribution in [0.2, 0.25) is 0 Å². The predicted molar refractivity (Wildman–Crippen MR) is 189 cm³/mol. The zero-order valence-corrected chi connectivity index (χ0v) is 33.3. The number of aliphatic carboxylic acids is 4. The smallest absolute Gasteiger partial charge is 0.326 e. The Balaban J connectivity index is 4.63. The van der Waals surface area contributed by atoms with Crippen molar-refractivity contribution in [2.45, 2.75) is 160 Å². The number of rotatable bonds is 34. The Labute approximate surface area is 330 Å². The molecule has 0 aliphatic rings. The summed E-state index contributed by atoms with van der Waals surface area (Å²) in [4.78, 5) is 118. The summed E-state index contributed by atoms with van der Waals surface area (Å²) in [7, 11) is 0. The van der Waals surface area contributed by atoms with Crippen molar-refractivity contribution in [2.75, 3.05) is 0 Å². The molecule has 0 bridgehead atoms. The molecule has 0 heterocycles. The van der Waals surface area contributed by atoms with Gasteiger partial charge in [-0.1, -0.05) is 51.4 Å². The van der Waals surface area contributed by atoms with Crippen LogP contribution in [0.1, 0.15) is 135 Å². The van der Waals surface area contributed by atoms with E-state index < -0.39 is 129 Å². The van der Waals surface area contributed by atoms with E-state index in [1.807, 2.05) is 0 Å². The summed E-state index contributed by atoms with van der Waals surface area (Å²) in [5, 5.41) is 46.6. The summed E-state index contributed by atoms with van der Waals surface area (Å²) >= 11 is -1.73. The molecule has 314 valence electrons. The van der Waals surface area contributed by atoms with Crippen LogP contribution in [0.5, 0.6) is 0 Å². The van der Waals surface area contributed by atoms with Crippen LogP contribution in [0.3, 0.4) is 0 Å². The van der Waals surface area contributed by atoms with Crippen molar-refractivity contribution in [3.63, 3.8) is 0 Å². The minimum absolute atomic E-state index is 0.104. The van der Waals surface area contributed by atoms with Gasteiger partial charge in [-0.05, 0) is 32.6 Å². The summed E-state index contributed by atoms with van der Waals surface area (Å²) in [5.41, 5.74) is 0. The van der Waals surface area contributed by atoms with Crippen molar-refractivity contribution in [1.29, 1.82) is 0 Å². The number of amides is 4. The zero-order valence-electron chi connectivity index (χ0n) is 31.1. The number of hydrogen-bond donors (Lipinski definition) is 9. The number of nitrogens with one attached hydrogen (secondary N) is 4. The SMILES string of the molecule is CC(=O)CCCCCCCCCCCCC(=O)N[C@@H](CCC(=O)N[C@@H](CCC(=O)N[C@@H](CCC(=O)N[C@@H](CCC(=O)[I-]O)C(=O)O)C(=O)O)C(=O)O)C(=O)O. The molecule has 4 atom stereocenters. The molecule has 55 heavy (non-hydrogen) atoms. The van der Waals surface area contributed by atoms with E-state index in [0.29, 0.717) is 12.8 Å². The Kier molecular flexibility index (Phi) is 27.8. The van der Waals surface area contributed by atoms with Gasteiger partial charge >= 0.3 is 154 Å². The molecule has 0 aromatic carbocycles. The minimum Gasteiger partial charge on any atom is -0.480 e. The van der Waals surface area contributed by atoms with Crippen molar-refractivity contribution >= 4 is 57.1 Å². The first-order valence-electron chi connectivity index (χ1n) is 18.4. The zero-order chi connectivity index (χ0) is 41.8. The number of hydrogen-bond acceptors (Lipinski definition) is 11. The molecule has 0 spiro atoms. The number of carbonyl (C=O) groups excluding carboxylic acids is 6. The van der Waals surface area contributed by atoms with Gasteiger partial charge < -0.3 is 25.6 Å².